The van der Waals surface area contributed by atoms with E-state index in [1.54, 1.807) is 0 Å². The Morgan fingerprint density at radius 2 is 2.19 bits per heavy atom. The molecule has 0 atom stereocenters. The second kappa shape index (κ2) is 5.32. The number of nitrogens with one attached hydrogen (secondary N) is 2. The first-order chi connectivity index (χ1) is 7.75. The zero-order valence-electron chi connectivity index (χ0n) is 10.2. The normalized spacial score (nSPS) is 17.6. The zero-order valence-corrected chi connectivity index (χ0v) is 10.2. The molecule has 0 saturated carbocycles. The monoisotopic (exact) mass is 223 g/mol. The fourth-order valence-corrected chi connectivity index (χ4v) is 2.05. The number of aromatic nitrogens is 2. The summed E-state index contributed by atoms with van der Waals surface area (Å²) >= 11 is 0. The number of hydrogen-bond acceptors (Lipinski definition) is 4. The molecule has 90 valence electrons. The van der Waals surface area contributed by atoms with Gasteiger partial charge in [-0.1, -0.05) is 0 Å². The van der Waals surface area contributed by atoms with Crippen molar-refractivity contribution < 1.29 is 0 Å². The van der Waals surface area contributed by atoms with Crippen molar-refractivity contribution in [3.05, 3.63) is 11.8 Å². The van der Waals surface area contributed by atoms with Crippen molar-refractivity contribution in [2.45, 2.75) is 6.92 Å². The SMILES string of the molecule is Cc1cc(NCCN2CCNCC2)n(C)n1. The molecule has 1 saturated heterocycles. The van der Waals surface area contributed by atoms with Crippen molar-refractivity contribution in [2.75, 3.05) is 44.6 Å². The van der Waals surface area contributed by atoms with E-state index in [2.05, 4.69) is 26.7 Å². The smallest absolute Gasteiger partial charge is 0.124 e. The van der Waals surface area contributed by atoms with E-state index in [9.17, 15) is 0 Å². The van der Waals surface area contributed by atoms with E-state index < -0.39 is 0 Å². The second-order valence-electron chi connectivity index (χ2n) is 4.31. The summed E-state index contributed by atoms with van der Waals surface area (Å²) < 4.78 is 1.90. The van der Waals surface area contributed by atoms with Crippen LogP contribution in [0.15, 0.2) is 6.07 Å². The number of nitrogens with zero attached hydrogens (tertiary/aromatic N) is 3. The Labute approximate surface area is 96.8 Å². The van der Waals surface area contributed by atoms with Crippen LogP contribution in [0.3, 0.4) is 0 Å². The maximum atomic E-state index is 4.31. The first-order valence-electron chi connectivity index (χ1n) is 5.93. The van der Waals surface area contributed by atoms with E-state index >= 15 is 0 Å². The van der Waals surface area contributed by atoms with Gasteiger partial charge in [0, 0.05) is 52.4 Å². The molecule has 0 amide bonds. The minimum Gasteiger partial charge on any atom is -0.369 e. The van der Waals surface area contributed by atoms with E-state index in [4.69, 9.17) is 0 Å². The highest BCUT2D eigenvalue weighted by Gasteiger charge is 2.08. The van der Waals surface area contributed by atoms with E-state index in [1.165, 1.54) is 0 Å². The molecule has 0 unspecified atom stereocenters. The lowest BCUT2D eigenvalue weighted by Crippen LogP contribution is -2.45. The molecule has 1 aromatic heterocycles. The van der Waals surface area contributed by atoms with Crippen LogP contribution in [0.5, 0.6) is 0 Å². The van der Waals surface area contributed by atoms with Crippen LogP contribution in [0.1, 0.15) is 5.69 Å². The van der Waals surface area contributed by atoms with Crippen LogP contribution in [-0.2, 0) is 7.05 Å². The molecule has 0 aromatic carbocycles. The summed E-state index contributed by atoms with van der Waals surface area (Å²) in [5.74, 6) is 1.10. The Balaban J connectivity index is 1.73. The van der Waals surface area contributed by atoms with Crippen molar-refractivity contribution in [3.63, 3.8) is 0 Å². The summed E-state index contributed by atoms with van der Waals surface area (Å²) in [6.07, 6.45) is 0. The second-order valence-corrected chi connectivity index (χ2v) is 4.31. The van der Waals surface area contributed by atoms with Crippen LogP contribution in [0, 0.1) is 6.92 Å². The van der Waals surface area contributed by atoms with Crippen molar-refractivity contribution in [3.8, 4) is 0 Å². The Hall–Kier alpha value is -1.07. The van der Waals surface area contributed by atoms with Gasteiger partial charge in [0.1, 0.15) is 5.82 Å². The lowest BCUT2D eigenvalue weighted by molar-refractivity contribution is 0.249. The van der Waals surface area contributed by atoms with Gasteiger partial charge in [-0.3, -0.25) is 9.58 Å². The molecular weight excluding hydrogens is 202 g/mol. The molecule has 0 spiro atoms. The lowest BCUT2D eigenvalue weighted by atomic mass is 10.3. The average Bonchev–Trinajstić information content (AvgIpc) is 2.59. The van der Waals surface area contributed by atoms with Gasteiger partial charge in [-0.05, 0) is 6.92 Å². The minimum absolute atomic E-state index is 0.985. The van der Waals surface area contributed by atoms with Gasteiger partial charge in [-0.2, -0.15) is 5.10 Å². The van der Waals surface area contributed by atoms with Gasteiger partial charge < -0.3 is 10.6 Å². The van der Waals surface area contributed by atoms with Crippen molar-refractivity contribution in [1.29, 1.82) is 0 Å². The summed E-state index contributed by atoms with van der Waals surface area (Å²) in [7, 11) is 1.97. The Morgan fingerprint density at radius 3 is 2.81 bits per heavy atom. The van der Waals surface area contributed by atoms with Crippen LogP contribution >= 0.6 is 0 Å². The fourth-order valence-electron chi connectivity index (χ4n) is 2.05. The molecule has 1 aliphatic heterocycles. The average molecular weight is 223 g/mol. The number of hydrogen-bond donors (Lipinski definition) is 2. The molecule has 2 rings (SSSR count). The van der Waals surface area contributed by atoms with Gasteiger partial charge in [-0.25, -0.2) is 0 Å². The summed E-state index contributed by atoms with van der Waals surface area (Å²) in [6.45, 7) is 8.65. The molecule has 0 bridgehead atoms. The molecule has 2 heterocycles. The van der Waals surface area contributed by atoms with Crippen molar-refractivity contribution in [2.24, 2.45) is 7.05 Å². The molecule has 1 aromatic rings. The van der Waals surface area contributed by atoms with Gasteiger partial charge in [0.15, 0.2) is 0 Å². The lowest BCUT2D eigenvalue weighted by Gasteiger charge is -2.27. The number of anilines is 1. The summed E-state index contributed by atoms with van der Waals surface area (Å²) in [4.78, 5) is 2.48. The highest BCUT2D eigenvalue weighted by Crippen LogP contribution is 2.07. The van der Waals surface area contributed by atoms with Gasteiger partial charge in [0.2, 0.25) is 0 Å². The highest BCUT2D eigenvalue weighted by molar-refractivity contribution is 5.36. The van der Waals surface area contributed by atoms with E-state index in [0.29, 0.717) is 0 Å². The van der Waals surface area contributed by atoms with Crippen molar-refractivity contribution in [1.82, 2.24) is 20.0 Å². The standard InChI is InChI=1S/C11H21N5/c1-10-9-11(15(2)14-10)13-5-8-16-6-3-12-4-7-16/h9,12-13H,3-8H2,1-2H3. The third kappa shape index (κ3) is 2.96. The number of piperazine rings is 1. The van der Waals surface area contributed by atoms with Gasteiger partial charge in [-0.15, -0.1) is 0 Å². The summed E-state index contributed by atoms with van der Waals surface area (Å²) in [5, 5.41) is 11.1. The maximum absolute atomic E-state index is 4.31. The molecule has 0 aliphatic carbocycles. The zero-order chi connectivity index (χ0) is 11.4. The van der Waals surface area contributed by atoms with Crippen LogP contribution in [0.2, 0.25) is 0 Å². The van der Waals surface area contributed by atoms with E-state index in [1.807, 2.05) is 18.7 Å². The third-order valence-corrected chi connectivity index (χ3v) is 2.95. The molecule has 5 heteroatoms. The van der Waals surface area contributed by atoms with Crippen molar-refractivity contribution >= 4 is 5.82 Å². The largest absolute Gasteiger partial charge is 0.369 e. The first-order valence-corrected chi connectivity index (χ1v) is 5.93. The molecule has 1 fully saturated rings. The molecule has 16 heavy (non-hydrogen) atoms. The predicted octanol–water partition coefficient (Wildman–Crippen LogP) is 0.0456. The summed E-state index contributed by atoms with van der Waals surface area (Å²) in [5.41, 5.74) is 1.06. The van der Waals surface area contributed by atoms with Gasteiger partial charge in [0.25, 0.3) is 0 Å². The first kappa shape index (κ1) is 11.4. The Bertz CT molecular complexity index is 327. The topological polar surface area (TPSA) is 45.1 Å². The molecule has 1 aliphatic rings. The van der Waals surface area contributed by atoms with E-state index in [0.717, 1.165) is 50.8 Å². The minimum atomic E-state index is 0.985. The summed E-state index contributed by atoms with van der Waals surface area (Å²) in [6, 6.07) is 2.08. The fraction of sp³-hybridized carbons (Fsp3) is 0.727. The molecular formula is C11H21N5. The predicted molar refractivity (Wildman–Crippen MR) is 65.7 cm³/mol. The Morgan fingerprint density at radius 1 is 1.44 bits per heavy atom. The highest BCUT2D eigenvalue weighted by atomic mass is 15.3. The van der Waals surface area contributed by atoms with Crippen LogP contribution in [0.25, 0.3) is 0 Å². The third-order valence-electron chi connectivity index (χ3n) is 2.95. The van der Waals surface area contributed by atoms with Crippen LogP contribution < -0.4 is 10.6 Å². The quantitative estimate of drug-likeness (QED) is 0.757. The molecule has 0 radical (unpaired) electrons. The Kier molecular flexibility index (Phi) is 3.79. The maximum Gasteiger partial charge on any atom is 0.124 e. The molecule has 2 N–H and O–H groups in total. The van der Waals surface area contributed by atoms with Crippen LogP contribution in [-0.4, -0.2) is 53.9 Å². The number of aryl methyl sites for hydroxylation is 2. The van der Waals surface area contributed by atoms with Crippen LogP contribution in [0.4, 0.5) is 5.82 Å². The van der Waals surface area contributed by atoms with E-state index in [-0.39, 0.29) is 0 Å². The van der Waals surface area contributed by atoms with Gasteiger partial charge in [0.05, 0.1) is 5.69 Å². The van der Waals surface area contributed by atoms with Gasteiger partial charge >= 0.3 is 0 Å². The molecule has 5 nitrogen and oxygen atoms in total. The number of rotatable bonds is 4.